The maximum Gasteiger partial charge on any atom is 0.416 e. The number of amides is 1. The van der Waals surface area contributed by atoms with E-state index in [1.165, 1.54) is 6.07 Å². The Kier molecular flexibility index (Phi) is 5.91. The Morgan fingerprint density at radius 3 is 2.55 bits per heavy atom. The third kappa shape index (κ3) is 4.38. The zero-order valence-corrected chi connectivity index (χ0v) is 18.8. The molecule has 3 aliphatic heterocycles. The Labute approximate surface area is 195 Å². The Morgan fingerprint density at radius 1 is 1.03 bits per heavy atom. The number of carbonyl (C=O) groups is 1. The molecule has 2 aromatic carbocycles. The predicted molar refractivity (Wildman–Crippen MR) is 121 cm³/mol. The molecule has 3 heterocycles. The van der Waals surface area contributed by atoms with Gasteiger partial charge in [-0.15, -0.1) is 0 Å². The number of morpholine rings is 1. The number of piperazine rings is 1. The molecule has 2 fully saturated rings. The van der Waals surface area contributed by atoms with Crippen molar-refractivity contribution >= 4 is 28.9 Å². The van der Waals surface area contributed by atoms with E-state index in [2.05, 4.69) is 9.80 Å². The Morgan fingerprint density at radius 2 is 1.82 bits per heavy atom. The van der Waals surface area contributed by atoms with E-state index in [9.17, 15) is 18.0 Å². The van der Waals surface area contributed by atoms with Crippen molar-refractivity contribution in [2.45, 2.75) is 18.6 Å². The summed E-state index contributed by atoms with van der Waals surface area (Å²) in [5.74, 6) is -0.439. The first-order valence-corrected chi connectivity index (χ1v) is 11.5. The van der Waals surface area contributed by atoms with Crippen molar-refractivity contribution in [2.24, 2.45) is 5.92 Å². The minimum Gasteiger partial charge on any atom is -0.378 e. The minimum absolute atomic E-state index is 0.00990. The van der Waals surface area contributed by atoms with Crippen LogP contribution < -0.4 is 9.80 Å². The molecule has 1 amide bonds. The highest BCUT2D eigenvalue weighted by atomic mass is 35.5. The first-order valence-electron chi connectivity index (χ1n) is 11.1. The number of alkyl halides is 3. The second-order valence-corrected chi connectivity index (χ2v) is 9.21. The van der Waals surface area contributed by atoms with Crippen LogP contribution in [0.2, 0.25) is 5.02 Å². The molecule has 0 radical (unpaired) electrons. The van der Waals surface area contributed by atoms with Crippen molar-refractivity contribution in [1.82, 2.24) is 4.90 Å². The largest absolute Gasteiger partial charge is 0.416 e. The molecule has 5 nitrogen and oxygen atoms in total. The van der Waals surface area contributed by atoms with E-state index in [4.69, 9.17) is 16.3 Å². The van der Waals surface area contributed by atoms with Crippen molar-refractivity contribution in [2.75, 3.05) is 55.7 Å². The third-order valence-electron chi connectivity index (χ3n) is 6.85. The van der Waals surface area contributed by atoms with Gasteiger partial charge in [0.2, 0.25) is 5.91 Å². The predicted octanol–water partition coefficient (Wildman–Crippen LogP) is 4.09. The monoisotopic (exact) mass is 479 g/mol. The molecule has 0 saturated carbocycles. The van der Waals surface area contributed by atoms with Gasteiger partial charge in [-0.2, -0.15) is 13.2 Å². The summed E-state index contributed by atoms with van der Waals surface area (Å²) in [6.07, 6.45) is -4.12. The number of anilines is 2. The standard InChI is InChI=1S/C24H25ClF3N3O2/c25-18-2-1-3-19(14-18)30-6-7-31-21-5-4-17(24(26,27)28)12-16(21)13-20(22(31)15-30)23(32)29-8-10-33-11-9-29/h1-5,12,14,20,22H,6-11,13,15H2/t20-,22+/m1/s1. The summed E-state index contributed by atoms with van der Waals surface area (Å²) in [6, 6.07) is 11.4. The van der Waals surface area contributed by atoms with E-state index in [-0.39, 0.29) is 11.9 Å². The van der Waals surface area contributed by atoms with Crippen LogP contribution in [0.1, 0.15) is 11.1 Å². The highest BCUT2D eigenvalue weighted by Gasteiger charge is 2.44. The lowest BCUT2D eigenvalue weighted by molar-refractivity contribution is -0.140. The molecular formula is C24H25ClF3N3O2. The second kappa shape index (κ2) is 8.72. The van der Waals surface area contributed by atoms with Crippen molar-refractivity contribution in [3.63, 3.8) is 0 Å². The molecule has 0 unspecified atom stereocenters. The van der Waals surface area contributed by atoms with Gasteiger partial charge in [0, 0.05) is 49.1 Å². The molecule has 0 aromatic heterocycles. The van der Waals surface area contributed by atoms with Gasteiger partial charge >= 0.3 is 6.18 Å². The number of benzene rings is 2. The molecule has 0 spiro atoms. The SMILES string of the molecule is O=C([C@@H]1Cc2cc(C(F)(F)F)ccc2N2CCN(c3cccc(Cl)c3)C[C@@H]12)N1CCOCC1. The highest BCUT2D eigenvalue weighted by molar-refractivity contribution is 6.30. The van der Waals surface area contributed by atoms with Gasteiger partial charge < -0.3 is 19.4 Å². The summed E-state index contributed by atoms with van der Waals surface area (Å²) in [5.41, 5.74) is 1.70. The lowest BCUT2D eigenvalue weighted by atomic mass is 9.82. The van der Waals surface area contributed by atoms with E-state index in [1.807, 2.05) is 24.3 Å². The van der Waals surface area contributed by atoms with Gasteiger partial charge in [0.15, 0.2) is 0 Å². The first-order chi connectivity index (χ1) is 15.8. The number of hydrogen-bond donors (Lipinski definition) is 0. The van der Waals surface area contributed by atoms with Crippen molar-refractivity contribution < 1.29 is 22.7 Å². The molecule has 33 heavy (non-hydrogen) atoms. The van der Waals surface area contributed by atoms with Gasteiger partial charge in [0.25, 0.3) is 0 Å². The minimum atomic E-state index is -4.42. The number of fused-ring (bicyclic) bond motifs is 3. The summed E-state index contributed by atoms with van der Waals surface area (Å²) in [4.78, 5) is 19.7. The van der Waals surface area contributed by atoms with Crippen LogP contribution in [0.4, 0.5) is 24.5 Å². The van der Waals surface area contributed by atoms with E-state index in [1.54, 1.807) is 11.0 Å². The normalized spacial score (nSPS) is 23.2. The smallest absolute Gasteiger partial charge is 0.378 e. The molecule has 2 atom stereocenters. The van der Waals surface area contributed by atoms with Gasteiger partial charge in [0.05, 0.1) is 30.7 Å². The summed E-state index contributed by atoms with van der Waals surface area (Å²) >= 11 is 6.20. The van der Waals surface area contributed by atoms with Gasteiger partial charge in [-0.05, 0) is 48.4 Å². The van der Waals surface area contributed by atoms with Crippen LogP contribution >= 0.6 is 11.6 Å². The van der Waals surface area contributed by atoms with Crippen LogP contribution in [-0.4, -0.2) is 62.8 Å². The molecular weight excluding hydrogens is 455 g/mol. The zero-order valence-electron chi connectivity index (χ0n) is 18.0. The molecule has 0 N–H and O–H groups in total. The lowest BCUT2D eigenvalue weighted by Gasteiger charge is -2.50. The number of nitrogens with zero attached hydrogens (tertiary/aromatic N) is 3. The third-order valence-corrected chi connectivity index (χ3v) is 7.09. The summed E-state index contributed by atoms with van der Waals surface area (Å²) in [7, 11) is 0. The van der Waals surface area contributed by atoms with Crippen LogP contribution in [0.3, 0.4) is 0 Å². The van der Waals surface area contributed by atoms with Crippen molar-refractivity contribution in [1.29, 1.82) is 0 Å². The summed E-state index contributed by atoms with van der Waals surface area (Å²) in [5, 5.41) is 0.643. The number of hydrogen-bond acceptors (Lipinski definition) is 4. The zero-order chi connectivity index (χ0) is 23.2. The van der Waals surface area contributed by atoms with Crippen LogP contribution in [-0.2, 0) is 22.1 Å². The van der Waals surface area contributed by atoms with E-state index >= 15 is 0 Å². The molecule has 2 saturated heterocycles. The van der Waals surface area contributed by atoms with Crippen LogP contribution in [0.25, 0.3) is 0 Å². The Bertz CT molecular complexity index is 1040. The second-order valence-electron chi connectivity index (χ2n) is 8.78. The molecule has 9 heteroatoms. The maximum atomic E-state index is 13.6. The molecule has 3 aliphatic rings. The molecule has 0 bridgehead atoms. The number of ether oxygens (including phenoxy) is 1. The Balaban J connectivity index is 1.49. The van der Waals surface area contributed by atoms with Gasteiger partial charge in [-0.3, -0.25) is 4.79 Å². The van der Waals surface area contributed by atoms with E-state index < -0.39 is 17.7 Å². The summed E-state index contributed by atoms with van der Waals surface area (Å²) in [6.45, 7) is 3.89. The fraction of sp³-hybridized carbons (Fsp3) is 0.458. The fourth-order valence-corrected chi connectivity index (χ4v) is 5.39. The molecule has 2 aromatic rings. The molecule has 0 aliphatic carbocycles. The lowest BCUT2D eigenvalue weighted by Crippen LogP contribution is -2.62. The average molecular weight is 480 g/mol. The van der Waals surface area contributed by atoms with Gasteiger partial charge in [-0.25, -0.2) is 0 Å². The van der Waals surface area contributed by atoms with E-state index in [0.717, 1.165) is 17.4 Å². The topological polar surface area (TPSA) is 36.0 Å². The maximum absolute atomic E-state index is 13.6. The molecule has 5 rings (SSSR count). The first kappa shape index (κ1) is 22.3. The van der Waals surface area contributed by atoms with Crippen LogP contribution in [0, 0.1) is 5.92 Å². The fourth-order valence-electron chi connectivity index (χ4n) is 5.21. The average Bonchev–Trinajstić information content (AvgIpc) is 2.82. The van der Waals surface area contributed by atoms with Crippen LogP contribution in [0.5, 0.6) is 0 Å². The van der Waals surface area contributed by atoms with Gasteiger partial charge in [-0.1, -0.05) is 17.7 Å². The van der Waals surface area contributed by atoms with E-state index in [0.29, 0.717) is 62.9 Å². The summed E-state index contributed by atoms with van der Waals surface area (Å²) < 4.78 is 45.6. The number of halogens is 4. The quantitative estimate of drug-likeness (QED) is 0.650. The Hall–Kier alpha value is -2.45. The molecule has 176 valence electrons. The van der Waals surface area contributed by atoms with Crippen molar-refractivity contribution in [3.8, 4) is 0 Å². The van der Waals surface area contributed by atoms with Crippen molar-refractivity contribution in [3.05, 3.63) is 58.6 Å². The van der Waals surface area contributed by atoms with Crippen LogP contribution in [0.15, 0.2) is 42.5 Å². The number of carbonyl (C=O) groups excluding carboxylic acids is 1. The van der Waals surface area contributed by atoms with Gasteiger partial charge in [0.1, 0.15) is 0 Å². The highest BCUT2D eigenvalue weighted by Crippen LogP contribution is 2.41. The number of rotatable bonds is 2.